The highest BCUT2D eigenvalue weighted by atomic mass is 32.2. The van der Waals surface area contributed by atoms with Gasteiger partial charge in [0.1, 0.15) is 0 Å². The molecule has 2 aromatic rings. The molecule has 0 aliphatic heterocycles. The van der Waals surface area contributed by atoms with E-state index in [1.807, 2.05) is 0 Å². The Balaban J connectivity index is 2.25. The number of carbonyl (C=O) groups excluding carboxylic acids is 1. The summed E-state index contributed by atoms with van der Waals surface area (Å²) in [6, 6.07) is 9.78. The molecule has 0 radical (unpaired) electrons. The van der Waals surface area contributed by atoms with Crippen LogP contribution in [0.4, 0.5) is 0 Å². The number of benzene rings is 1. The molecule has 0 atom stereocenters. The number of rotatable bonds is 2. The quantitative estimate of drug-likeness (QED) is 0.856. The summed E-state index contributed by atoms with van der Waals surface area (Å²) >= 11 is 0.727. The molecule has 6 heteroatoms. The Labute approximate surface area is 100 Å². The molecule has 0 saturated heterocycles. The minimum absolute atomic E-state index is 0.264. The van der Waals surface area contributed by atoms with Crippen molar-refractivity contribution in [2.24, 2.45) is 0 Å². The van der Waals surface area contributed by atoms with Crippen molar-refractivity contribution in [3.05, 3.63) is 69.0 Å². The van der Waals surface area contributed by atoms with Gasteiger partial charge in [0.2, 0.25) is 5.12 Å². The predicted octanol–water partition coefficient (Wildman–Crippen LogP) is 0.873. The summed E-state index contributed by atoms with van der Waals surface area (Å²) in [5, 5.41) is -0.264. The smallest absolute Gasteiger partial charge is 0.280 e. The molecule has 2 rings (SSSR count). The normalized spacial score (nSPS) is 10.1. The molecule has 0 saturated carbocycles. The van der Waals surface area contributed by atoms with Gasteiger partial charge >= 0.3 is 5.69 Å². The maximum Gasteiger partial charge on any atom is 0.338 e. The molecule has 5 nitrogen and oxygen atoms in total. The van der Waals surface area contributed by atoms with E-state index in [2.05, 4.69) is 4.98 Å². The van der Waals surface area contributed by atoms with Gasteiger partial charge in [-0.15, -0.1) is 0 Å². The Morgan fingerprint density at radius 1 is 1.12 bits per heavy atom. The lowest BCUT2D eigenvalue weighted by molar-refractivity contribution is 0.108. The highest BCUT2D eigenvalue weighted by Gasteiger charge is 2.08. The summed E-state index contributed by atoms with van der Waals surface area (Å²) in [5.74, 6) is 0. The van der Waals surface area contributed by atoms with Crippen LogP contribution in [0.1, 0.15) is 10.4 Å². The Bertz CT molecular complexity index is 646. The lowest BCUT2D eigenvalue weighted by atomic mass is 10.2. The summed E-state index contributed by atoms with van der Waals surface area (Å²) in [6.45, 7) is 0. The largest absolute Gasteiger partial charge is 0.338 e. The van der Waals surface area contributed by atoms with Crippen LogP contribution in [0.25, 0.3) is 0 Å². The minimum atomic E-state index is -0.619. The van der Waals surface area contributed by atoms with E-state index < -0.39 is 11.2 Å². The third-order valence-electron chi connectivity index (χ3n) is 1.98. The molecule has 17 heavy (non-hydrogen) atoms. The van der Waals surface area contributed by atoms with Crippen LogP contribution in [0.15, 0.2) is 52.2 Å². The van der Waals surface area contributed by atoms with Crippen molar-refractivity contribution >= 4 is 17.1 Å². The maximum atomic E-state index is 11.8. The molecule has 0 bridgehead atoms. The van der Waals surface area contributed by atoms with E-state index in [-0.39, 0.29) is 5.12 Å². The molecule has 0 spiro atoms. The molecular formula is C11H8N2O3S. The van der Waals surface area contributed by atoms with Crippen LogP contribution in [-0.2, 0) is 0 Å². The average molecular weight is 248 g/mol. The van der Waals surface area contributed by atoms with Crippen LogP contribution < -0.4 is 11.2 Å². The van der Waals surface area contributed by atoms with Crippen molar-refractivity contribution in [2.45, 2.75) is 0 Å². The zero-order valence-electron chi connectivity index (χ0n) is 8.62. The van der Waals surface area contributed by atoms with E-state index in [0.29, 0.717) is 5.56 Å². The van der Waals surface area contributed by atoms with E-state index in [9.17, 15) is 14.4 Å². The number of H-pyrrole nitrogens is 1. The average Bonchev–Trinajstić information content (AvgIpc) is 2.34. The molecule has 1 N–H and O–H groups in total. The van der Waals surface area contributed by atoms with Gasteiger partial charge in [-0.25, -0.2) is 8.77 Å². The highest BCUT2D eigenvalue weighted by molar-refractivity contribution is 8.12. The van der Waals surface area contributed by atoms with Crippen LogP contribution in [0.3, 0.4) is 0 Å². The number of aromatic amines is 1. The number of aromatic nitrogens is 2. The molecule has 0 amide bonds. The molecule has 1 aromatic heterocycles. The van der Waals surface area contributed by atoms with Crippen molar-refractivity contribution in [1.82, 2.24) is 8.96 Å². The summed E-state index contributed by atoms with van der Waals surface area (Å²) in [5.41, 5.74) is -0.610. The second-order valence-electron chi connectivity index (χ2n) is 3.18. The van der Waals surface area contributed by atoms with Gasteiger partial charge in [-0.1, -0.05) is 30.3 Å². The summed E-state index contributed by atoms with van der Waals surface area (Å²) < 4.78 is 1.08. The van der Waals surface area contributed by atoms with E-state index in [1.165, 1.54) is 12.3 Å². The zero-order chi connectivity index (χ0) is 12.3. The van der Waals surface area contributed by atoms with E-state index in [0.717, 1.165) is 15.9 Å². The zero-order valence-corrected chi connectivity index (χ0v) is 9.44. The summed E-state index contributed by atoms with van der Waals surface area (Å²) in [7, 11) is 0. The Morgan fingerprint density at radius 3 is 2.47 bits per heavy atom. The lowest BCUT2D eigenvalue weighted by Crippen LogP contribution is -2.26. The molecular weight excluding hydrogens is 240 g/mol. The van der Waals surface area contributed by atoms with Crippen molar-refractivity contribution in [3.8, 4) is 0 Å². The van der Waals surface area contributed by atoms with Gasteiger partial charge in [0.05, 0.1) is 0 Å². The standard InChI is InChI=1S/C11H8N2O3S/c14-9-6-7-13(11(16)12-9)17-10(15)8-4-2-1-3-5-8/h1-7H,(H,12,14,16). The Kier molecular flexibility index (Phi) is 3.24. The van der Waals surface area contributed by atoms with Gasteiger partial charge in [0.25, 0.3) is 5.56 Å². The van der Waals surface area contributed by atoms with Crippen molar-refractivity contribution in [3.63, 3.8) is 0 Å². The predicted molar refractivity (Wildman–Crippen MR) is 65.1 cm³/mol. The molecule has 86 valence electrons. The van der Waals surface area contributed by atoms with Crippen molar-refractivity contribution in [2.75, 3.05) is 0 Å². The third kappa shape index (κ3) is 2.73. The Hall–Kier alpha value is -2.08. The molecule has 0 aliphatic rings. The molecule has 0 unspecified atom stereocenters. The SMILES string of the molecule is O=C(Sn1ccc(=O)[nH]c1=O)c1ccccc1. The van der Waals surface area contributed by atoms with Crippen molar-refractivity contribution in [1.29, 1.82) is 0 Å². The first-order valence-corrected chi connectivity index (χ1v) is 5.54. The lowest BCUT2D eigenvalue weighted by Gasteiger charge is -2.01. The van der Waals surface area contributed by atoms with Crippen LogP contribution in [-0.4, -0.2) is 14.1 Å². The first kappa shape index (κ1) is 11.4. The topological polar surface area (TPSA) is 71.9 Å². The second-order valence-corrected chi connectivity index (χ2v) is 4.13. The number of nitrogens with zero attached hydrogens (tertiary/aromatic N) is 1. The Morgan fingerprint density at radius 2 is 1.82 bits per heavy atom. The van der Waals surface area contributed by atoms with E-state index >= 15 is 0 Å². The third-order valence-corrected chi connectivity index (χ3v) is 2.87. The van der Waals surface area contributed by atoms with Crippen LogP contribution in [0.2, 0.25) is 0 Å². The summed E-state index contributed by atoms with van der Waals surface area (Å²) in [6.07, 6.45) is 1.27. The number of hydrogen-bond acceptors (Lipinski definition) is 4. The number of nitrogens with one attached hydrogen (secondary N) is 1. The van der Waals surface area contributed by atoms with Gasteiger partial charge in [-0.05, 0) is 0 Å². The fourth-order valence-electron chi connectivity index (χ4n) is 1.19. The first-order valence-electron chi connectivity index (χ1n) is 4.76. The molecule has 1 aromatic carbocycles. The van der Waals surface area contributed by atoms with Crippen LogP contribution in [0, 0.1) is 0 Å². The van der Waals surface area contributed by atoms with Crippen molar-refractivity contribution < 1.29 is 4.79 Å². The van der Waals surface area contributed by atoms with Gasteiger partial charge < -0.3 is 0 Å². The monoisotopic (exact) mass is 248 g/mol. The number of hydrogen-bond donors (Lipinski definition) is 1. The second kappa shape index (κ2) is 4.84. The number of carbonyl (C=O) groups is 1. The fourth-order valence-corrected chi connectivity index (χ4v) is 1.86. The van der Waals surface area contributed by atoms with E-state index in [1.54, 1.807) is 30.3 Å². The fraction of sp³-hybridized carbons (Fsp3) is 0. The first-order chi connectivity index (χ1) is 8.16. The molecule has 0 fully saturated rings. The van der Waals surface area contributed by atoms with Crippen LogP contribution in [0.5, 0.6) is 0 Å². The minimum Gasteiger partial charge on any atom is -0.280 e. The summed E-state index contributed by atoms with van der Waals surface area (Å²) in [4.78, 5) is 36.0. The maximum absolute atomic E-state index is 11.8. The van der Waals surface area contributed by atoms with Gasteiger partial charge in [0.15, 0.2) is 0 Å². The molecule has 0 aliphatic carbocycles. The highest BCUT2D eigenvalue weighted by Crippen LogP contribution is 2.11. The van der Waals surface area contributed by atoms with Gasteiger partial charge in [0, 0.05) is 29.8 Å². The van der Waals surface area contributed by atoms with Gasteiger partial charge in [-0.3, -0.25) is 14.6 Å². The van der Waals surface area contributed by atoms with E-state index in [4.69, 9.17) is 0 Å². The van der Waals surface area contributed by atoms with Gasteiger partial charge in [-0.2, -0.15) is 0 Å². The van der Waals surface area contributed by atoms with Crippen LogP contribution >= 0.6 is 11.9 Å². The molecule has 1 heterocycles.